The Kier molecular flexibility index (Phi) is 5.78. The molecule has 1 aromatic carbocycles. The molecule has 0 heterocycles. The van der Waals surface area contributed by atoms with Crippen LogP contribution in [0.5, 0.6) is 0 Å². The molecule has 0 fully saturated rings. The highest BCUT2D eigenvalue weighted by molar-refractivity contribution is 9.10. The van der Waals surface area contributed by atoms with Gasteiger partial charge in [0.05, 0.1) is 11.5 Å². The molecule has 0 aliphatic rings. The molecule has 6 heteroatoms. The summed E-state index contributed by atoms with van der Waals surface area (Å²) in [6.45, 7) is 4.46. The Bertz CT molecular complexity index is 473. The van der Waals surface area contributed by atoms with Gasteiger partial charge in [-0.15, -0.1) is 0 Å². The number of halogens is 1. The molecule has 0 aromatic heterocycles. The van der Waals surface area contributed by atoms with E-state index in [1.165, 1.54) is 4.31 Å². The van der Waals surface area contributed by atoms with E-state index < -0.39 is 10.0 Å². The molecule has 0 saturated carbocycles. The molecule has 0 aliphatic heterocycles. The molecule has 1 aromatic rings. The first-order valence-corrected chi connectivity index (χ1v) is 7.93. The van der Waals surface area contributed by atoms with Gasteiger partial charge in [-0.2, -0.15) is 4.31 Å². The van der Waals surface area contributed by atoms with Crippen LogP contribution in [0.1, 0.15) is 13.8 Å². The number of benzene rings is 1. The molecule has 1 rings (SSSR count). The maximum Gasteiger partial charge on any atom is 0.243 e. The average molecular weight is 336 g/mol. The lowest BCUT2D eigenvalue weighted by Crippen LogP contribution is -2.40. The molecule has 0 amide bonds. The summed E-state index contributed by atoms with van der Waals surface area (Å²) in [5.41, 5.74) is 0. The lowest BCUT2D eigenvalue weighted by Gasteiger charge is -2.26. The number of methoxy groups -OCH3 is 1. The van der Waals surface area contributed by atoms with Gasteiger partial charge in [-0.1, -0.05) is 22.9 Å². The monoisotopic (exact) mass is 335 g/mol. The summed E-state index contributed by atoms with van der Waals surface area (Å²) in [7, 11) is -1.89. The zero-order chi connectivity index (χ0) is 13.8. The first-order valence-electron chi connectivity index (χ1n) is 5.69. The van der Waals surface area contributed by atoms with Crippen LogP contribution in [0.2, 0.25) is 0 Å². The summed E-state index contributed by atoms with van der Waals surface area (Å²) >= 11 is 3.29. The number of rotatable bonds is 6. The van der Waals surface area contributed by atoms with Crippen molar-refractivity contribution in [3.05, 3.63) is 28.7 Å². The lowest BCUT2D eigenvalue weighted by molar-refractivity contribution is 0.142. The number of sulfonamides is 1. The fourth-order valence-corrected chi connectivity index (χ4v) is 3.67. The van der Waals surface area contributed by atoms with Crippen molar-refractivity contribution in [3.63, 3.8) is 0 Å². The predicted octanol–water partition coefficient (Wildman–Crippen LogP) is 2.49. The molecule has 0 bridgehead atoms. The van der Waals surface area contributed by atoms with Gasteiger partial charge in [0.2, 0.25) is 10.0 Å². The highest BCUT2D eigenvalue weighted by Gasteiger charge is 2.27. The van der Waals surface area contributed by atoms with E-state index in [-0.39, 0.29) is 6.04 Å². The van der Waals surface area contributed by atoms with Gasteiger partial charge in [0, 0.05) is 24.2 Å². The summed E-state index contributed by atoms with van der Waals surface area (Å²) in [5, 5.41) is 0. The van der Waals surface area contributed by atoms with Crippen LogP contribution in [0.3, 0.4) is 0 Å². The largest absolute Gasteiger partial charge is 0.383 e. The summed E-state index contributed by atoms with van der Waals surface area (Å²) in [5.74, 6) is 0. The molecule has 4 nitrogen and oxygen atoms in total. The van der Waals surface area contributed by atoms with Crippen LogP contribution in [-0.4, -0.2) is 39.0 Å². The van der Waals surface area contributed by atoms with E-state index in [0.717, 1.165) is 4.47 Å². The second-order valence-electron chi connectivity index (χ2n) is 3.97. The van der Waals surface area contributed by atoms with Crippen LogP contribution < -0.4 is 0 Å². The third-order valence-corrected chi connectivity index (χ3v) is 5.26. The van der Waals surface area contributed by atoms with Crippen molar-refractivity contribution in [1.82, 2.24) is 4.31 Å². The summed E-state index contributed by atoms with van der Waals surface area (Å²) in [4.78, 5) is 0.301. The number of likely N-dealkylation sites (N-methyl/N-ethyl adjacent to an activating group) is 1. The van der Waals surface area contributed by atoms with Crippen LogP contribution in [0.25, 0.3) is 0 Å². The molecule has 1 atom stereocenters. The van der Waals surface area contributed by atoms with Crippen LogP contribution in [0.4, 0.5) is 0 Å². The molecule has 0 radical (unpaired) electrons. The van der Waals surface area contributed by atoms with Crippen molar-refractivity contribution < 1.29 is 13.2 Å². The van der Waals surface area contributed by atoms with Gasteiger partial charge in [0.1, 0.15) is 0 Å². The van der Waals surface area contributed by atoms with Gasteiger partial charge in [-0.05, 0) is 31.2 Å². The molecular weight excluding hydrogens is 318 g/mol. The van der Waals surface area contributed by atoms with Crippen LogP contribution in [0.15, 0.2) is 33.6 Å². The van der Waals surface area contributed by atoms with Crippen molar-refractivity contribution in [3.8, 4) is 0 Å². The number of hydrogen-bond acceptors (Lipinski definition) is 3. The Morgan fingerprint density at radius 1 is 1.33 bits per heavy atom. The maximum absolute atomic E-state index is 12.4. The van der Waals surface area contributed by atoms with Gasteiger partial charge in [-0.3, -0.25) is 0 Å². The minimum atomic E-state index is -3.46. The molecule has 18 heavy (non-hydrogen) atoms. The summed E-state index contributed by atoms with van der Waals surface area (Å²) in [6.07, 6.45) is 0. The molecule has 0 spiro atoms. The van der Waals surface area contributed by atoms with Crippen molar-refractivity contribution in [2.75, 3.05) is 20.3 Å². The van der Waals surface area contributed by atoms with E-state index in [9.17, 15) is 8.42 Å². The minimum absolute atomic E-state index is 0.186. The van der Waals surface area contributed by atoms with Gasteiger partial charge in [-0.25, -0.2) is 8.42 Å². The Hall–Kier alpha value is -0.430. The second-order valence-corrected chi connectivity index (χ2v) is 6.77. The Labute approximate surface area is 117 Å². The van der Waals surface area contributed by atoms with Crippen LogP contribution in [-0.2, 0) is 14.8 Å². The van der Waals surface area contributed by atoms with E-state index in [0.29, 0.717) is 18.0 Å². The SMILES string of the molecule is CCN([C@@H](C)COC)S(=O)(=O)c1ccc(Br)cc1. The Balaban J connectivity index is 3.06. The smallest absolute Gasteiger partial charge is 0.243 e. The number of ether oxygens (including phenoxy) is 1. The first kappa shape index (κ1) is 15.6. The highest BCUT2D eigenvalue weighted by atomic mass is 79.9. The fourth-order valence-electron chi connectivity index (χ4n) is 1.78. The third-order valence-electron chi connectivity index (χ3n) is 2.63. The van der Waals surface area contributed by atoms with Crippen molar-refractivity contribution in [1.29, 1.82) is 0 Å². The van der Waals surface area contributed by atoms with Gasteiger partial charge >= 0.3 is 0 Å². The topological polar surface area (TPSA) is 46.6 Å². The van der Waals surface area contributed by atoms with Crippen LogP contribution >= 0.6 is 15.9 Å². The zero-order valence-corrected chi connectivity index (χ0v) is 13.2. The van der Waals surface area contributed by atoms with Crippen molar-refractivity contribution in [2.24, 2.45) is 0 Å². The summed E-state index contributed by atoms with van der Waals surface area (Å²) in [6, 6.07) is 6.46. The van der Waals surface area contributed by atoms with E-state index >= 15 is 0 Å². The van der Waals surface area contributed by atoms with E-state index in [1.807, 2.05) is 13.8 Å². The highest BCUT2D eigenvalue weighted by Crippen LogP contribution is 2.20. The zero-order valence-electron chi connectivity index (χ0n) is 10.8. The Morgan fingerprint density at radius 3 is 2.33 bits per heavy atom. The number of hydrogen-bond donors (Lipinski definition) is 0. The van der Waals surface area contributed by atoms with Gasteiger partial charge in [0.15, 0.2) is 0 Å². The normalized spacial score (nSPS) is 13.8. The molecule has 0 saturated heterocycles. The lowest BCUT2D eigenvalue weighted by atomic mass is 10.3. The van der Waals surface area contributed by atoms with E-state index in [4.69, 9.17) is 4.74 Å². The van der Waals surface area contributed by atoms with Gasteiger partial charge in [0.25, 0.3) is 0 Å². The Morgan fingerprint density at radius 2 is 1.89 bits per heavy atom. The quantitative estimate of drug-likeness (QED) is 0.802. The molecule has 0 aliphatic carbocycles. The maximum atomic E-state index is 12.4. The van der Waals surface area contributed by atoms with Crippen LogP contribution in [0, 0.1) is 0 Å². The van der Waals surface area contributed by atoms with Crippen molar-refractivity contribution >= 4 is 26.0 Å². The van der Waals surface area contributed by atoms with E-state index in [1.54, 1.807) is 31.4 Å². The van der Waals surface area contributed by atoms with Crippen molar-refractivity contribution in [2.45, 2.75) is 24.8 Å². The number of nitrogens with zero attached hydrogens (tertiary/aromatic N) is 1. The molecule has 0 unspecified atom stereocenters. The molecule has 102 valence electrons. The standard InChI is InChI=1S/C12H18BrNO3S/c1-4-14(10(2)9-17-3)18(15,16)12-7-5-11(13)6-8-12/h5-8,10H,4,9H2,1-3H3/t10-/m0/s1. The molecular formula is C12H18BrNO3S. The molecule has 0 N–H and O–H groups in total. The predicted molar refractivity (Wildman–Crippen MR) is 75.0 cm³/mol. The summed E-state index contributed by atoms with van der Waals surface area (Å²) < 4.78 is 32.2. The van der Waals surface area contributed by atoms with Gasteiger partial charge < -0.3 is 4.74 Å². The third kappa shape index (κ3) is 3.54. The fraction of sp³-hybridized carbons (Fsp3) is 0.500. The average Bonchev–Trinajstić information content (AvgIpc) is 2.30. The first-order chi connectivity index (χ1) is 8.43. The minimum Gasteiger partial charge on any atom is -0.383 e. The second kappa shape index (κ2) is 6.65. The van der Waals surface area contributed by atoms with E-state index in [2.05, 4.69) is 15.9 Å².